The van der Waals surface area contributed by atoms with Crippen molar-refractivity contribution in [2.75, 3.05) is 0 Å². The maximum atomic E-state index is 13.1. The molecule has 3 aromatic carbocycles. The van der Waals surface area contributed by atoms with Gasteiger partial charge < -0.3 is 0 Å². The molecule has 0 spiro atoms. The van der Waals surface area contributed by atoms with Crippen LogP contribution in [0, 0.1) is 0 Å². The zero-order chi connectivity index (χ0) is 19.4. The van der Waals surface area contributed by atoms with Gasteiger partial charge in [0.25, 0.3) is 0 Å². The van der Waals surface area contributed by atoms with Crippen LogP contribution in [-0.2, 0) is 11.6 Å². The summed E-state index contributed by atoms with van der Waals surface area (Å²) >= 11 is 3.56. The normalized spacial score (nSPS) is 18.6. The highest BCUT2D eigenvalue weighted by atomic mass is 79.9. The van der Waals surface area contributed by atoms with Crippen LogP contribution in [0.15, 0.2) is 53.0 Å². The average Bonchev–Trinajstić information content (AvgIpc) is 2.87. The van der Waals surface area contributed by atoms with Crippen LogP contribution in [0.2, 0.25) is 0 Å². The Labute approximate surface area is 165 Å². The zero-order valence-corrected chi connectivity index (χ0v) is 16.8. The second kappa shape index (κ2) is 6.37. The van der Waals surface area contributed by atoms with Crippen LogP contribution in [0.1, 0.15) is 49.8 Å². The first-order chi connectivity index (χ1) is 12.8. The summed E-state index contributed by atoms with van der Waals surface area (Å²) in [4.78, 5) is 0. The first kappa shape index (κ1) is 18.5. The van der Waals surface area contributed by atoms with Crippen LogP contribution in [0.3, 0.4) is 0 Å². The third-order valence-corrected chi connectivity index (χ3v) is 6.31. The summed E-state index contributed by atoms with van der Waals surface area (Å²) in [5.74, 6) is 0. The number of hydrogen-bond donors (Lipinski definition) is 0. The van der Waals surface area contributed by atoms with E-state index in [2.05, 4.69) is 48.0 Å². The molecule has 3 aromatic rings. The van der Waals surface area contributed by atoms with Crippen LogP contribution in [0.5, 0.6) is 0 Å². The molecule has 0 aromatic heterocycles. The highest BCUT2D eigenvalue weighted by Gasteiger charge is 2.40. The van der Waals surface area contributed by atoms with Gasteiger partial charge in [-0.15, -0.1) is 0 Å². The van der Waals surface area contributed by atoms with Crippen LogP contribution in [0.25, 0.3) is 21.9 Å². The lowest BCUT2D eigenvalue weighted by Gasteiger charge is -2.27. The molecule has 140 valence electrons. The number of rotatable bonds is 3. The van der Waals surface area contributed by atoms with Gasteiger partial charge in [-0.3, -0.25) is 0 Å². The summed E-state index contributed by atoms with van der Waals surface area (Å²) in [6, 6.07) is 14.3. The molecule has 0 heterocycles. The molecular weight excluding hydrogens is 413 g/mol. The number of hydrogen-bond acceptors (Lipinski definition) is 0. The van der Waals surface area contributed by atoms with Crippen molar-refractivity contribution in [3.63, 3.8) is 0 Å². The molecular formula is C23H20BrF3. The summed E-state index contributed by atoms with van der Waals surface area (Å²) in [6.45, 7) is 4.44. The summed E-state index contributed by atoms with van der Waals surface area (Å²) in [5, 5.41) is 1.52. The van der Waals surface area contributed by atoms with Crippen molar-refractivity contribution < 1.29 is 13.2 Å². The third kappa shape index (κ3) is 2.89. The number of benzene rings is 3. The summed E-state index contributed by atoms with van der Waals surface area (Å²) in [7, 11) is 0. The van der Waals surface area contributed by atoms with Gasteiger partial charge in [0.2, 0.25) is 0 Å². The van der Waals surface area contributed by atoms with Gasteiger partial charge in [-0.1, -0.05) is 66.9 Å². The van der Waals surface area contributed by atoms with E-state index in [0.29, 0.717) is 5.39 Å². The molecule has 1 aliphatic carbocycles. The lowest BCUT2D eigenvalue weighted by molar-refractivity contribution is -0.137. The van der Waals surface area contributed by atoms with E-state index in [1.54, 1.807) is 6.07 Å². The molecule has 0 fully saturated rings. The van der Waals surface area contributed by atoms with Crippen LogP contribution in [0.4, 0.5) is 13.2 Å². The Bertz CT molecular complexity index is 1040. The maximum Gasteiger partial charge on any atom is 0.416 e. The van der Waals surface area contributed by atoms with Gasteiger partial charge in [0, 0.05) is 9.89 Å². The van der Waals surface area contributed by atoms with Gasteiger partial charge in [-0.2, -0.15) is 13.2 Å². The van der Waals surface area contributed by atoms with E-state index >= 15 is 0 Å². The van der Waals surface area contributed by atoms with Gasteiger partial charge in [0.15, 0.2) is 0 Å². The van der Waals surface area contributed by atoms with Crippen LogP contribution in [-0.4, -0.2) is 0 Å². The number of fused-ring (bicyclic) bond motifs is 5. The topological polar surface area (TPSA) is 0 Å². The van der Waals surface area contributed by atoms with Gasteiger partial charge in [0.05, 0.1) is 5.56 Å². The Hall–Kier alpha value is -1.81. The minimum atomic E-state index is -4.33. The molecule has 0 aliphatic heterocycles. The van der Waals surface area contributed by atoms with Gasteiger partial charge in [-0.25, -0.2) is 0 Å². The van der Waals surface area contributed by atoms with E-state index in [-0.39, 0.29) is 5.41 Å². The van der Waals surface area contributed by atoms with Crippen molar-refractivity contribution >= 4 is 26.7 Å². The van der Waals surface area contributed by atoms with E-state index in [1.165, 1.54) is 23.3 Å². The summed E-state index contributed by atoms with van der Waals surface area (Å²) in [6.07, 6.45) is -1.09. The molecule has 0 N–H and O–H groups in total. The molecule has 1 unspecified atom stereocenters. The van der Waals surface area contributed by atoms with Crippen molar-refractivity contribution in [1.82, 2.24) is 0 Å². The fourth-order valence-electron chi connectivity index (χ4n) is 4.41. The lowest BCUT2D eigenvalue weighted by atomic mass is 9.76. The molecule has 0 radical (unpaired) electrons. The highest BCUT2D eigenvalue weighted by molar-refractivity contribution is 9.10. The molecule has 0 saturated carbocycles. The standard InChI is InChI=1S/C23H20BrF3/c1-3-4-11-22(2)19-10-7-16(24)13-18(19)21-17-8-6-15(23(25,26)27)12-14(17)5-9-20(21)22/h5-10,12-13H,3-4,11H2,1-2H3. The van der Waals surface area contributed by atoms with E-state index in [0.717, 1.165) is 40.2 Å². The quantitative estimate of drug-likeness (QED) is 0.392. The molecule has 0 bridgehead atoms. The second-order valence-electron chi connectivity index (χ2n) is 7.55. The van der Waals surface area contributed by atoms with Crippen molar-refractivity contribution in [1.29, 1.82) is 0 Å². The largest absolute Gasteiger partial charge is 0.416 e. The van der Waals surface area contributed by atoms with Gasteiger partial charge in [-0.05, 0) is 63.7 Å². The summed E-state index contributed by atoms with van der Waals surface area (Å²) in [5.41, 5.74) is 3.98. The Morgan fingerprint density at radius 1 is 0.963 bits per heavy atom. The van der Waals surface area contributed by atoms with Crippen molar-refractivity contribution in [3.05, 3.63) is 69.7 Å². The maximum absolute atomic E-state index is 13.1. The van der Waals surface area contributed by atoms with Crippen LogP contribution >= 0.6 is 15.9 Å². The molecule has 0 saturated heterocycles. The second-order valence-corrected chi connectivity index (χ2v) is 8.46. The Morgan fingerprint density at radius 2 is 1.70 bits per heavy atom. The van der Waals surface area contributed by atoms with E-state index in [9.17, 15) is 13.2 Å². The van der Waals surface area contributed by atoms with Gasteiger partial charge in [0.1, 0.15) is 0 Å². The van der Waals surface area contributed by atoms with Crippen LogP contribution < -0.4 is 0 Å². The molecule has 0 amide bonds. The molecule has 1 atom stereocenters. The lowest BCUT2D eigenvalue weighted by Crippen LogP contribution is -2.20. The van der Waals surface area contributed by atoms with E-state index in [4.69, 9.17) is 0 Å². The smallest absolute Gasteiger partial charge is 0.166 e. The SMILES string of the molecule is CCCCC1(C)c2ccc(Br)cc2-c2c1ccc1cc(C(F)(F)F)ccc21. The summed E-state index contributed by atoms with van der Waals surface area (Å²) < 4.78 is 40.4. The molecule has 4 heteroatoms. The van der Waals surface area contributed by atoms with Crippen molar-refractivity contribution in [3.8, 4) is 11.1 Å². The van der Waals surface area contributed by atoms with Gasteiger partial charge >= 0.3 is 6.18 Å². The Kier molecular flexibility index (Phi) is 4.38. The Balaban J connectivity index is 2.01. The first-order valence-corrected chi connectivity index (χ1v) is 10.00. The minimum absolute atomic E-state index is 0.113. The molecule has 4 rings (SSSR count). The molecule has 27 heavy (non-hydrogen) atoms. The van der Waals surface area contributed by atoms with E-state index in [1.807, 2.05) is 12.1 Å². The number of alkyl halides is 3. The molecule has 0 nitrogen and oxygen atoms in total. The minimum Gasteiger partial charge on any atom is -0.166 e. The fraction of sp³-hybridized carbons (Fsp3) is 0.304. The Morgan fingerprint density at radius 3 is 2.41 bits per heavy atom. The third-order valence-electron chi connectivity index (χ3n) is 5.82. The fourth-order valence-corrected chi connectivity index (χ4v) is 4.77. The highest BCUT2D eigenvalue weighted by Crippen LogP contribution is 2.54. The average molecular weight is 433 g/mol. The molecule has 1 aliphatic rings. The monoisotopic (exact) mass is 432 g/mol. The van der Waals surface area contributed by atoms with E-state index < -0.39 is 11.7 Å². The van der Waals surface area contributed by atoms with Crippen molar-refractivity contribution in [2.45, 2.75) is 44.7 Å². The van der Waals surface area contributed by atoms with Crippen molar-refractivity contribution in [2.24, 2.45) is 0 Å². The zero-order valence-electron chi connectivity index (χ0n) is 15.3. The number of halogens is 4. The predicted molar refractivity (Wildman–Crippen MR) is 108 cm³/mol. The predicted octanol–water partition coefficient (Wildman–Crippen LogP) is 8.10. The first-order valence-electron chi connectivity index (χ1n) is 9.20. The number of unbranched alkanes of at least 4 members (excludes halogenated alkanes) is 1.